The van der Waals surface area contributed by atoms with Gasteiger partial charge < -0.3 is 64.2 Å². The highest BCUT2D eigenvalue weighted by atomic mass is 16.7. The average molecular weight is 1040 g/mol. The van der Waals surface area contributed by atoms with Crippen molar-refractivity contribution in [3.8, 4) is 0 Å². The fourth-order valence-electron chi connectivity index (χ4n) is 9.61. The highest BCUT2D eigenvalue weighted by Gasteiger charge is 2.47. The van der Waals surface area contributed by atoms with Gasteiger partial charge in [0.15, 0.2) is 12.6 Å². The Morgan fingerprint density at radius 1 is 0.452 bits per heavy atom. The van der Waals surface area contributed by atoms with Crippen molar-refractivity contribution in [2.45, 2.75) is 313 Å². The lowest BCUT2D eigenvalue weighted by molar-refractivity contribution is -0.332. The minimum atomic E-state index is -1.70. The number of hydrogen-bond donors (Lipinski definition) is 7. The number of aliphatic hydroxyl groups excluding tert-OH is 7. The normalized spacial score (nSPS) is 25.1. The molecule has 0 aromatic carbocycles. The van der Waals surface area contributed by atoms with Gasteiger partial charge >= 0.3 is 5.97 Å². The number of aliphatic hydroxyl groups is 7. The molecule has 2 rings (SSSR count). The number of hydrogen-bond acceptors (Lipinski definition) is 14. The van der Waals surface area contributed by atoms with Crippen LogP contribution in [0.15, 0.2) is 24.3 Å². The van der Waals surface area contributed by atoms with Crippen LogP contribution in [0.25, 0.3) is 0 Å². The number of rotatable bonds is 49. The average Bonchev–Trinajstić information content (AvgIpc) is 3.39. The molecule has 0 bridgehead atoms. The van der Waals surface area contributed by atoms with E-state index in [1.807, 2.05) is 0 Å². The minimum absolute atomic E-state index is 0.0654. The summed E-state index contributed by atoms with van der Waals surface area (Å²) in [6, 6.07) is 0. The molecule has 7 N–H and O–H groups in total. The molecule has 2 fully saturated rings. The molecule has 0 amide bonds. The molecule has 2 heterocycles. The molecular formula is C59H110O14. The zero-order valence-electron chi connectivity index (χ0n) is 46.1. The first-order chi connectivity index (χ1) is 35.6. The minimum Gasteiger partial charge on any atom is -0.457 e. The number of carbonyl (C=O) groups excluding carboxylic acids is 1. The van der Waals surface area contributed by atoms with Gasteiger partial charge in [-0.25, -0.2) is 0 Å². The summed E-state index contributed by atoms with van der Waals surface area (Å²) in [4.78, 5) is 13.1. The summed E-state index contributed by atoms with van der Waals surface area (Å²) >= 11 is 0. The van der Waals surface area contributed by atoms with Crippen LogP contribution in [0.5, 0.6) is 0 Å². The van der Waals surface area contributed by atoms with Crippen molar-refractivity contribution in [1.82, 2.24) is 0 Å². The highest BCUT2D eigenvalue weighted by Crippen LogP contribution is 2.27. The highest BCUT2D eigenvalue weighted by molar-refractivity contribution is 5.69. The van der Waals surface area contributed by atoms with E-state index in [1.54, 1.807) is 0 Å². The molecule has 0 spiro atoms. The molecule has 73 heavy (non-hydrogen) atoms. The number of carbonyl (C=O) groups is 1. The van der Waals surface area contributed by atoms with Gasteiger partial charge in [-0.2, -0.15) is 0 Å². The van der Waals surface area contributed by atoms with Gasteiger partial charge in [0, 0.05) is 13.0 Å². The third kappa shape index (κ3) is 33.4. The maximum Gasteiger partial charge on any atom is 0.306 e. The second-order valence-corrected chi connectivity index (χ2v) is 21.2. The molecular weight excluding hydrogens is 933 g/mol. The Morgan fingerprint density at radius 2 is 0.849 bits per heavy atom. The smallest absolute Gasteiger partial charge is 0.306 e. The molecule has 2 aliphatic heterocycles. The van der Waals surface area contributed by atoms with Gasteiger partial charge in [-0.05, 0) is 44.9 Å². The molecule has 14 nitrogen and oxygen atoms in total. The zero-order chi connectivity index (χ0) is 53.0. The molecule has 2 aliphatic rings. The standard InChI is InChI=1S/C59H110O14/c1-3-5-7-9-11-13-15-17-19-20-21-22-23-24-25-26-27-29-31-33-35-37-39-41-43-68-45-48(71-51(61)42-40-38-36-34-32-30-28-18-16-14-12-10-8-6-4-2)46-69-58-57(67)55(65)53(63)50(73-58)47-70-59-56(66)54(64)52(62)49(44-60)72-59/h15,17,20-21,48-50,52-60,62-67H,3-14,16,18-19,22-47H2,1-2H3/b17-15-,21-20-. The summed E-state index contributed by atoms with van der Waals surface area (Å²) in [5, 5.41) is 72.3. The molecule has 14 heteroatoms. The Morgan fingerprint density at radius 3 is 1.32 bits per heavy atom. The molecule has 430 valence electrons. The van der Waals surface area contributed by atoms with Crippen LogP contribution in [0.3, 0.4) is 0 Å². The van der Waals surface area contributed by atoms with Gasteiger partial charge in [-0.3, -0.25) is 4.79 Å². The molecule has 0 aliphatic carbocycles. The summed E-state index contributed by atoms with van der Waals surface area (Å²) in [7, 11) is 0. The summed E-state index contributed by atoms with van der Waals surface area (Å²) in [5.41, 5.74) is 0. The first kappa shape index (κ1) is 67.6. The summed E-state index contributed by atoms with van der Waals surface area (Å²) < 4.78 is 34.4. The van der Waals surface area contributed by atoms with Crippen LogP contribution in [-0.4, -0.2) is 142 Å². The number of unbranched alkanes of at least 4 members (excludes halogenated alkanes) is 31. The fraction of sp³-hybridized carbons (Fsp3) is 0.915. The van der Waals surface area contributed by atoms with Gasteiger partial charge in [0.2, 0.25) is 0 Å². The number of esters is 1. The third-order valence-corrected chi connectivity index (χ3v) is 14.5. The topological polar surface area (TPSA) is 214 Å². The van der Waals surface area contributed by atoms with Crippen LogP contribution in [0.2, 0.25) is 0 Å². The van der Waals surface area contributed by atoms with Crippen LogP contribution in [0.1, 0.15) is 245 Å². The van der Waals surface area contributed by atoms with Gasteiger partial charge in [-0.1, -0.05) is 218 Å². The summed E-state index contributed by atoms with van der Waals surface area (Å²) in [5.74, 6) is -0.372. The predicted octanol–water partition coefficient (Wildman–Crippen LogP) is 10.8. The largest absolute Gasteiger partial charge is 0.457 e. The van der Waals surface area contributed by atoms with Crippen molar-refractivity contribution < 1.29 is 69.0 Å². The fourth-order valence-corrected chi connectivity index (χ4v) is 9.61. The van der Waals surface area contributed by atoms with Crippen LogP contribution in [0, 0.1) is 0 Å². The second kappa shape index (κ2) is 46.6. The van der Waals surface area contributed by atoms with Gasteiger partial charge in [0.1, 0.15) is 54.9 Å². The Labute approximate surface area is 443 Å². The van der Waals surface area contributed by atoms with E-state index in [9.17, 15) is 40.5 Å². The van der Waals surface area contributed by atoms with Crippen molar-refractivity contribution in [3.05, 3.63) is 24.3 Å². The van der Waals surface area contributed by atoms with E-state index in [1.165, 1.54) is 173 Å². The molecule has 0 aromatic rings. The Bertz CT molecular complexity index is 1300. The van der Waals surface area contributed by atoms with E-state index < -0.39 is 80.7 Å². The Kier molecular flexibility index (Phi) is 43.1. The van der Waals surface area contributed by atoms with E-state index >= 15 is 0 Å². The SMILES string of the molecule is CCCCCCC/C=C\C/C=C\CCCCCCCCCCCCCCOCC(COC1OC(COC2OC(CO)C(O)C(O)C2O)C(O)C(O)C1O)OC(=O)CCCCCCCCCCCCCCCCC. The lowest BCUT2D eigenvalue weighted by Gasteiger charge is -2.42. The van der Waals surface area contributed by atoms with E-state index in [0.29, 0.717) is 13.0 Å². The van der Waals surface area contributed by atoms with Crippen LogP contribution >= 0.6 is 0 Å². The van der Waals surface area contributed by atoms with Crippen molar-refractivity contribution >= 4 is 5.97 Å². The molecule has 0 radical (unpaired) electrons. The second-order valence-electron chi connectivity index (χ2n) is 21.2. The van der Waals surface area contributed by atoms with Crippen LogP contribution < -0.4 is 0 Å². The predicted molar refractivity (Wildman–Crippen MR) is 289 cm³/mol. The van der Waals surface area contributed by atoms with Gasteiger partial charge in [0.05, 0.1) is 26.4 Å². The van der Waals surface area contributed by atoms with Gasteiger partial charge in [0.25, 0.3) is 0 Å². The Hall–Kier alpha value is -1.53. The summed E-state index contributed by atoms with van der Waals surface area (Å²) in [6.07, 6.45) is 36.7. The monoisotopic (exact) mass is 1040 g/mol. The number of allylic oxidation sites excluding steroid dienone is 4. The van der Waals surface area contributed by atoms with Crippen LogP contribution in [-0.2, 0) is 33.2 Å². The number of ether oxygens (including phenoxy) is 6. The van der Waals surface area contributed by atoms with Gasteiger partial charge in [-0.15, -0.1) is 0 Å². The van der Waals surface area contributed by atoms with Crippen LogP contribution in [0.4, 0.5) is 0 Å². The maximum absolute atomic E-state index is 13.1. The van der Waals surface area contributed by atoms with Crippen molar-refractivity contribution in [1.29, 1.82) is 0 Å². The molecule has 0 saturated carbocycles. The van der Waals surface area contributed by atoms with E-state index in [0.717, 1.165) is 44.9 Å². The maximum atomic E-state index is 13.1. The quantitative estimate of drug-likeness (QED) is 0.0172. The Balaban J connectivity index is 1.68. The van der Waals surface area contributed by atoms with Crippen molar-refractivity contribution in [3.63, 3.8) is 0 Å². The first-order valence-electron chi connectivity index (χ1n) is 29.9. The molecule has 11 unspecified atom stereocenters. The lowest BCUT2D eigenvalue weighted by Crippen LogP contribution is -2.61. The van der Waals surface area contributed by atoms with Crippen molar-refractivity contribution in [2.75, 3.05) is 33.0 Å². The van der Waals surface area contributed by atoms with Crippen molar-refractivity contribution in [2.24, 2.45) is 0 Å². The van der Waals surface area contributed by atoms with E-state index in [-0.39, 0.29) is 25.6 Å². The zero-order valence-corrected chi connectivity index (χ0v) is 46.1. The van der Waals surface area contributed by atoms with E-state index in [4.69, 9.17) is 28.4 Å². The molecule has 2 saturated heterocycles. The third-order valence-electron chi connectivity index (χ3n) is 14.5. The summed E-state index contributed by atoms with van der Waals surface area (Å²) in [6.45, 7) is 3.72. The van der Waals surface area contributed by atoms with E-state index in [2.05, 4.69) is 38.2 Å². The molecule has 0 aromatic heterocycles. The molecule has 11 atom stereocenters. The lowest BCUT2D eigenvalue weighted by atomic mass is 9.98. The first-order valence-corrected chi connectivity index (χ1v) is 29.9.